The summed E-state index contributed by atoms with van der Waals surface area (Å²) in [5.74, 6) is 0.0741. The van der Waals surface area contributed by atoms with Gasteiger partial charge in [-0.05, 0) is 6.92 Å². The van der Waals surface area contributed by atoms with Gasteiger partial charge in [-0.3, -0.25) is 4.90 Å². The molecule has 1 N–H and O–H groups in total. The second kappa shape index (κ2) is 2.62. The van der Waals surface area contributed by atoms with Crippen molar-refractivity contribution in [3.63, 3.8) is 0 Å². The van der Waals surface area contributed by atoms with Crippen LogP contribution in [0.5, 0.6) is 0 Å². The van der Waals surface area contributed by atoms with Gasteiger partial charge in [0, 0.05) is 5.57 Å². The molecule has 0 bridgehead atoms. The van der Waals surface area contributed by atoms with Crippen LogP contribution in [0.2, 0.25) is 0 Å². The molecule has 0 atom stereocenters. The SMILES string of the molecule is C=C(C)C(=O)[NH+](C)C. The molecule has 0 heterocycles. The maximum atomic E-state index is 10.7. The number of hydrogen-bond acceptors (Lipinski definition) is 1. The van der Waals surface area contributed by atoms with Crippen molar-refractivity contribution in [3.8, 4) is 0 Å². The van der Waals surface area contributed by atoms with E-state index < -0.39 is 0 Å². The van der Waals surface area contributed by atoms with Crippen molar-refractivity contribution in [2.75, 3.05) is 14.1 Å². The maximum absolute atomic E-state index is 10.7. The summed E-state index contributed by atoms with van der Waals surface area (Å²) >= 11 is 0. The molecule has 0 aliphatic heterocycles. The normalized spacial score (nSPS) is 9.50. The molecule has 46 valence electrons. The van der Waals surface area contributed by atoms with Crippen molar-refractivity contribution >= 4 is 5.91 Å². The van der Waals surface area contributed by atoms with Crippen LogP contribution >= 0.6 is 0 Å². The molecule has 0 aliphatic rings. The van der Waals surface area contributed by atoms with Gasteiger partial charge < -0.3 is 0 Å². The van der Waals surface area contributed by atoms with Crippen LogP contribution in [0.25, 0.3) is 0 Å². The average molecular weight is 114 g/mol. The number of quaternary nitrogens is 1. The second-order valence-corrected chi connectivity index (χ2v) is 2.11. The highest BCUT2D eigenvalue weighted by Gasteiger charge is 2.07. The Morgan fingerprint density at radius 1 is 1.50 bits per heavy atom. The van der Waals surface area contributed by atoms with Gasteiger partial charge in [0.05, 0.1) is 14.1 Å². The van der Waals surface area contributed by atoms with E-state index in [1.54, 1.807) is 21.0 Å². The van der Waals surface area contributed by atoms with Gasteiger partial charge in [-0.2, -0.15) is 0 Å². The van der Waals surface area contributed by atoms with E-state index in [1.807, 2.05) is 0 Å². The first-order valence-electron chi connectivity index (χ1n) is 2.56. The Bertz CT molecular complexity index is 116. The molecular formula is C6H12NO+. The zero-order valence-corrected chi connectivity index (χ0v) is 5.62. The molecule has 0 aromatic carbocycles. The first-order valence-corrected chi connectivity index (χ1v) is 2.56. The van der Waals surface area contributed by atoms with Crippen molar-refractivity contribution in [1.29, 1.82) is 0 Å². The Morgan fingerprint density at radius 3 is 1.88 bits per heavy atom. The third-order valence-corrected chi connectivity index (χ3v) is 0.842. The van der Waals surface area contributed by atoms with E-state index in [0.29, 0.717) is 5.57 Å². The van der Waals surface area contributed by atoms with Crippen LogP contribution in [0.3, 0.4) is 0 Å². The summed E-state index contributed by atoms with van der Waals surface area (Å²) < 4.78 is 0. The van der Waals surface area contributed by atoms with Gasteiger partial charge in [-0.1, -0.05) is 6.58 Å². The Balaban J connectivity index is 3.84. The van der Waals surface area contributed by atoms with E-state index in [1.165, 1.54) is 0 Å². The van der Waals surface area contributed by atoms with E-state index in [9.17, 15) is 4.79 Å². The first-order chi connectivity index (χ1) is 3.55. The zero-order valence-electron chi connectivity index (χ0n) is 5.62. The summed E-state index contributed by atoms with van der Waals surface area (Å²) in [5.41, 5.74) is 0.616. The summed E-state index contributed by atoms with van der Waals surface area (Å²) in [5, 5.41) is 0. The average Bonchev–Trinajstić information content (AvgIpc) is 1.64. The molecule has 0 aliphatic carbocycles. The monoisotopic (exact) mass is 114 g/mol. The molecule has 0 spiro atoms. The predicted octanol–water partition coefficient (Wildman–Crippen LogP) is -0.766. The van der Waals surface area contributed by atoms with Crippen molar-refractivity contribution in [3.05, 3.63) is 12.2 Å². The largest absolute Gasteiger partial charge is 0.338 e. The molecule has 0 saturated carbocycles. The number of nitrogens with one attached hydrogen (secondary N) is 1. The number of likely N-dealkylation sites (N-methyl/N-ethyl adjacent to an activating group) is 1. The topological polar surface area (TPSA) is 21.5 Å². The molecule has 0 unspecified atom stereocenters. The van der Waals surface area contributed by atoms with E-state index in [4.69, 9.17) is 0 Å². The van der Waals surface area contributed by atoms with Crippen LogP contribution < -0.4 is 4.90 Å². The fraction of sp³-hybridized carbons (Fsp3) is 0.500. The standard InChI is InChI=1S/C6H11NO/c1-5(2)6(8)7(3)4/h1H2,2-4H3/p+1. The Labute approximate surface area is 49.8 Å². The van der Waals surface area contributed by atoms with Crippen LogP contribution in [0.15, 0.2) is 12.2 Å². The maximum Gasteiger partial charge on any atom is 0.338 e. The fourth-order valence-corrected chi connectivity index (χ4v) is 0.427. The van der Waals surface area contributed by atoms with E-state index in [2.05, 4.69) is 6.58 Å². The number of rotatable bonds is 1. The summed E-state index contributed by atoms with van der Waals surface area (Å²) in [6.45, 7) is 5.22. The lowest BCUT2D eigenvalue weighted by molar-refractivity contribution is -0.772. The van der Waals surface area contributed by atoms with Crippen LogP contribution in [0.4, 0.5) is 0 Å². The van der Waals surface area contributed by atoms with E-state index in [0.717, 1.165) is 4.90 Å². The molecule has 0 fully saturated rings. The van der Waals surface area contributed by atoms with Crippen molar-refractivity contribution < 1.29 is 9.69 Å². The number of carbonyl (C=O) groups is 1. The third-order valence-electron chi connectivity index (χ3n) is 0.842. The van der Waals surface area contributed by atoms with E-state index >= 15 is 0 Å². The van der Waals surface area contributed by atoms with Gasteiger partial charge in [0.2, 0.25) is 0 Å². The molecule has 8 heavy (non-hydrogen) atoms. The molecular weight excluding hydrogens is 102 g/mol. The molecule has 1 amide bonds. The van der Waals surface area contributed by atoms with Crippen molar-refractivity contribution in [2.24, 2.45) is 0 Å². The molecule has 0 saturated heterocycles. The van der Waals surface area contributed by atoms with Gasteiger partial charge in [0.15, 0.2) is 0 Å². The summed E-state index contributed by atoms with van der Waals surface area (Å²) in [6.07, 6.45) is 0. The number of carbonyl (C=O) groups excluding carboxylic acids is 1. The Kier molecular flexibility index (Phi) is 2.42. The number of amides is 1. The lowest BCUT2D eigenvalue weighted by Gasteiger charge is -2.01. The summed E-state index contributed by atoms with van der Waals surface area (Å²) in [6, 6.07) is 0. The molecule has 0 rings (SSSR count). The Morgan fingerprint density at radius 2 is 1.88 bits per heavy atom. The van der Waals surface area contributed by atoms with Crippen LogP contribution in [-0.4, -0.2) is 20.0 Å². The molecule has 2 nitrogen and oxygen atoms in total. The van der Waals surface area contributed by atoms with Crippen LogP contribution in [0.1, 0.15) is 6.92 Å². The Hall–Kier alpha value is -0.630. The van der Waals surface area contributed by atoms with Crippen molar-refractivity contribution in [2.45, 2.75) is 6.92 Å². The van der Waals surface area contributed by atoms with E-state index in [-0.39, 0.29) is 5.91 Å². The van der Waals surface area contributed by atoms with Gasteiger partial charge in [0.25, 0.3) is 0 Å². The molecule has 0 radical (unpaired) electrons. The lowest BCUT2D eigenvalue weighted by Crippen LogP contribution is -3.08. The summed E-state index contributed by atoms with van der Waals surface area (Å²) in [4.78, 5) is 11.5. The molecule has 0 aromatic heterocycles. The molecule has 0 aromatic rings. The first kappa shape index (κ1) is 7.37. The van der Waals surface area contributed by atoms with Gasteiger partial charge in [0.1, 0.15) is 0 Å². The van der Waals surface area contributed by atoms with Crippen LogP contribution in [-0.2, 0) is 4.79 Å². The summed E-state index contributed by atoms with van der Waals surface area (Å²) in [7, 11) is 3.58. The highest BCUT2D eigenvalue weighted by atomic mass is 16.2. The smallest absolute Gasteiger partial charge is 0.273 e. The second-order valence-electron chi connectivity index (χ2n) is 2.11. The lowest BCUT2D eigenvalue weighted by atomic mass is 10.3. The quantitative estimate of drug-likeness (QED) is 0.444. The predicted molar refractivity (Wildman–Crippen MR) is 32.6 cm³/mol. The minimum atomic E-state index is 0.0741. The minimum Gasteiger partial charge on any atom is -0.273 e. The van der Waals surface area contributed by atoms with Crippen LogP contribution in [0, 0.1) is 0 Å². The highest BCUT2D eigenvalue weighted by Crippen LogP contribution is 1.78. The molecule has 2 heteroatoms. The zero-order chi connectivity index (χ0) is 6.73. The third kappa shape index (κ3) is 1.89. The van der Waals surface area contributed by atoms with Gasteiger partial charge in [-0.15, -0.1) is 0 Å². The van der Waals surface area contributed by atoms with Gasteiger partial charge >= 0.3 is 5.91 Å². The fourth-order valence-electron chi connectivity index (χ4n) is 0.427. The van der Waals surface area contributed by atoms with Crippen molar-refractivity contribution in [1.82, 2.24) is 0 Å². The minimum absolute atomic E-state index is 0.0741. The highest BCUT2D eigenvalue weighted by molar-refractivity contribution is 5.84. The number of hydrogen-bond donors (Lipinski definition) is 1. The van der Waals surface area contributed by atoms with Gasteiger partial charge in [-0.25, -0.2) is 4.79 Å².